The maximum Gasteiger partial charge on any atom is 0.274 e. The minimum atomic E-state index is -0.318. The zero-order chi connectivity index (χ0) is 18.0. The number of hydrogen-bond acceptors (Lipinski definition) is 4. The summed E-state index contributed by atoms with van der Waals surface area (Å²) in [7, 11) is 0. The van der Waals surface area contributed by atoms with E-state index in [1.807, 2.05) is 20.8 Å². The molecule has 7 nitrogen and oxygen atoms in total. The number of pyridine rings is 1. The van der Waals surface area contributed by atoms with E-state index < -0.39 is 0 Å². The molecule has 3 aromatic rings. The van der Waals surface area contributed by atoms with Gasteiger partial charge in [-0.3, -0.25) is 14.7 Å². The van der Waals surface area contributed by atoms with Crippen LogP contribution in [0.4, 0.5) is 5.69 Å². The van der Waals surface area contributed by atoms with Gasteiger partial charge >= 0.3 is 0 Å². The summed E-state index contributed by atoms with van der Waals surface area (Å²) >= 11 is 0. The van der Waals surface area contributed by atoms with Crippen molar-refractivity contribution >= 4 is 28.4 Å². The summed E-state index contributed by atoms with van der Waals surface area (Å²) in [6.07, 6.45) is 1.56. The summed E-state index contributed by atoms with van der Waals surface area (Å²) in [6.45, 7) is 5.69. The lowest BCUT2D eigenvalue weighted by molar-refractivity contribution is 0.0942. The zero-order valence-electron chi connectivity index (χ0n) is 14.3. The number of aromatic nitrogens is 3. The molecule has 1 aromatic carbocycles. The molecule has 128 valence electrons. The molecule has 0 aliphatic rings. The van der Waals surface area contributed by atoms with E-state index in [0.717, 1.165) is 16.6 Å². The monoisotopic (exact) mass is 337 g/mol. The molecule has 0 radical (unpaired) electrons. The van der Waals surface area contributed by atoms with E-state index in [1.54, 1.807) is 36.5 Å². The predicted octanol–water partition coefficient (Wildman–Crippen LogP) is 2.66. The number of aromatic amines is 1. The van der Waals surface area contributed by atoms with Gasteiger partial charge in [0.25, 0.3) is 11.8 Å². The third kappa shape index (κ3) is 3.65. The molecule has 7 heteroatoms. The lowest BCUT2D eigenvalue weighted by atomic mass is 10.1. The van der Waals surface area contributed by atoms with Gasteiger partial charge in [0.05, 0.1) is 6.20 Å². The Balaban J connectivity index is 1.73. The number of nitrogens with one attached hydrogen (secondary N) is 3. The first kappa shape index (κ1) is 16.6. The van der Waals surface area contributed by atoms with Crippen molar-refractivity contribution in [2.24, 2.45) is 0 Å². The normalized spacial score (nSPS) is 10.9. The van der Waals surface area contributed by atoms with E-state index in [4.69, 9.17) is 0 Å². The van der Waals surface area contributed by atoms with Crippen LogP contribution in [0.3, 0.4) is 0 Å². The molecule has 0 bridgehead atoms. The fraction of sp³-hybridized carbons (Fsp3) is 0.222. The first-order valence-electron chi connectivity index (χ1n) is 7.97. The van der Waals surface area contributed by atoms with E-state index in [9.17, 15) is 9.59 Å². The topological polar surface area (TPSA) is 99.8 Å². The lowest BCUT2D eigenvalue weighted by Gasteiger charge is -2.09. The Hall–Kier alpha value is -3.22. The van der Waals surface area contributed by atoms with E-state index in [2.05, 4.69) is 25.8 Å². The van der Waals surface area contributed by atoms with Crippen molar-refractivity contribution in [3.8, 4) is 0 Å². The summed E-state index contributed by atoms with van der Waals surface area (Å²) in [5.74, 6) is -0.461. The molecule has 0 spiro atoms. The van der Waals surface area contributed by atoms with Gasteiger partial charge in [-0.05, 0) is 51.1 Å². The highest BCUT2D eigenvalue weighted by Crippen LogP contribution is 2.16. The number of fused-ring (bicyclic) bond motifs is 1. The number of rotatable bonds is 4. The lowest BCUT2D eigenvalue weighted by Crippen LogP contribution is -2.30. The molecule has 0 saturated carbocycles. The van der Waals surface area contributed by atoms with Crippen molar-refractivity contribution in [2.75, 3.05) is 5.32 Å². The Morgan fingerprint density at radius 1 is 1.12 bits per heavy atom. The molecular formula is C18H19N5O2. The van der Waals surface area contributed by atoms with E-state index in [1.165, 1.54) is 0 Å². The van der Waals surface area contributed by atoms with Crippen molar-refractivity contribution in [3.05, 3.63) is 53.5 Å². The molecule has 3 rings (SSSR count). The van der Waals surface area contributed by atoms with Gasteiger partial charge in [-0.1, -0.05) is 0 Å². The highest BCUT2D eigenvalue weighted by Gasteiger charge is 2.12. The van der Waals surface area contributed by atoms with Gasteiger partial charge in [0, 0.05) is 28.4 Å². The summed E-state index contributed by atoms with van der Waals surface area (Å²) in [6, 6.07) is 8.49. The largest absolute Gasteiger partial charge is 0.350 e. The van der Waals surface area contributed by atoms with Gasteiger partial charge in [0.15, 0.2) is 0 Å². The number of carbonyl (C=O) groups is 2. The second-order valence-electron chi connectivity index (χ2n) is 6.09. The SMILES string of the molecule is Cc1[nH]nc2cnc(C(=O)Nc3ccc(C(=O)NC(C)C)cc3)cc12. The van der Waals surface area contributed by atoms with Crippen molar-refractivity contribution in [1.82, 2.24) is 20.5 Å². The van der Waals surface area contributed by atoms with Crippen LogP contribution in [0.5, 0.6) is 0 Å². The van der Waals surface area contributed by atoms with Crippen LogP contribution >= 0.6 is 0 Å². The molecule has 25 heavy (non-hydrogen) atoms. The number of H-pyrrole nitrogens is 1. The second-order valence-corrected chi connectivity index (χ2v) is 6.09. The number of benzene rings is 1. The second kappa shape index (κ2) is 6.72. The predicted molar refractivity (Wildman–Crippen MR) is 95.6 cm³/mol. The number of aryl methyl sites for hydroxylation is 1. The van der Waals surface area contributed by atoms with E-state index in [-0.39, 0.29) is 17.9 Å². The number of carbonyl (C=O) groups excluding carboxylic acids is 2. The fourth-order valence-electron chi connectivity index (χ4n) is 2.41. The van der Waals surface area contributed by atoms with Gasteiger partial charge in [-0.15, -0.1) is 0 Å². The smallest absolute Gasteiger partial charge is 0.274 e. The summed E-state index contributed by atoms with van der Waals surface area (Å²) < 4.78 is 0. The highest BCUT2D eigenvalue weighted by atomic mass is 16.2. The van der Waals surface area contributed by atoms with Crippen LogP contribution in [-0.2, 0) is 0 Å². The van der Waals surface area contributed by atoms with Crippen molar-refractivity contribution < 1.29 is 9.59 Å². The number of amides is 2. The van der Waals surface area contributed by atoms with Gasteiger partial charge in [-0.2, -0.15) is 5.10 Å². The van der Waals surface area contributed by atoms with Crippen molar-refractivity contribution in [3.63, 3.8) is 0 Å². The Morgan fingerprint density at radius 3 is 2.52 bits per heavy atom. The quantitative estimate of drug-likeness (QED) is 0.681. The fourth-order valence-corrected chi connectivity index (χ4v) is 2.41. The third-order valence-corrected chi connectivity index (χ3v) is 3.69. The maximum absolute atomic E-state index is 12.4. The molecule has 2 aromatic heterocycles. The molecule has 0 aliphatic carbocycles. The molecule has 0 fully saturated rings. The molecule has 0 saturated heterocycles. The van der Waals surface area contributed by atoms with Crippen LogP contribution < -0.4 is 10.6 Å². The van der Waals surface area contributed by atoms with E-state index in [0.29, 0.717) is 16.9 Å². The Bertz CT molecular complexity index is 928. The number of nitrogens with zero attached hydrogens (tertiary/aromatic N) is 2. The van der Waals surface area contributed by atoms with E-state index >= 15 is 0 Å². The standard InChI is InChI=1S/C18H19N5O2/c1-10(2)20-17(24)12-4-6-13(7-5-12)21-18(25)15-8-14-11(3)22-23-16(14)9-19-15/h4-10H,1-3H3,(H,20,24)(H,21,25)(H,22,23). The van der Waals surface area contributed by atoms with Crippen LogP contribution in [0, 0.1) is 6.92 Å². The van der Waals surface area contributed by atoms with Crippen LogP contribution in [0.1, 0.15) is 40.4 Å². The van der Waals surface area contributed by atoms with Crippen molar-refractivity contribution in [1.29, 1.82) is 0 Å². The molecule has 3 N–H and O–H groups in total. The zero-order valence-corrected chi connectivity index (χ0v) is 14.3. The van der Waals surface area contributed by atoms with Crippen LogP contribution in [0.25, 0.3) is 10.9 Å². The highest BCUT2D eigenvalue weighted by molar-refractivity contribution is 6.05. The first-order valence-corrected chi connectivity index (χ1v) is 7.97. The molecule has 2 amide bonds. The minimum Gasteiger partial charge on any atom is -0.350 e. The van der Waals surface area contributed by atoms with Crippen LogP contribution in [-0.4, -0.2) is 33.0 Å². The Morgan fingerprint density at radius 2 is 1.84 bits per heavy atom. The van der Waals surface area contributed by atoms with Crippen molar-refractivity contribution in [2.45, 2.75) is 26.8 Å². The Labute approximate surface area is 144 Å². The average molecular weight is 337 g/mol. The molecular weight excluding hydrogens is 318 g/mol. The maximum atomic E-state index is 12.4. The average Bonchev–Trinajstić information content (AvgIpc) is 2.95. The summed E-state index contributed by atoms with van der Waals surface area (Å²) in [5, 5.41) is 13.4. The number of anilines is 1. The van der Waals surface area contributed by atoms with Gasteiger partial charge in [0.1, 0.15) is 11.2 Å². The molecule has 0 atom stereocenters. The first-order chi connectivity index (χ1) is 11.9. The Kier molecular flexibility index (Phi) is 4.47. The molecule has 0 unspecified atom stereocenters. The summed E-state index contributed by atoms with van der Waals surface area (Å²) in [4.78, 5) is 28.4. The van der Waals surface area contributed by atoms with Gasteiger partial charge in [-0.25, -0.2) is 4.98 Å². The summed E-state index contributed by atoms with van der Waals surface area (Å²) in [5.41, 5.74) is 3.04. The molecule has 0 aliphatic heterocycles. The van der Waals surface area contributed by atoms with Gasteiger partial charge < -0.3 is 10.6 Å². The number of hydrogen-bond donors (Lipinski definition) is 3. The van der Waals surface area contributed by atoms with Crippen LogP contribution in [0.2, 0.25) is 0 Å². The molecule has 2 heterocycles. The van der Waals surface area contributed by atoms with Gasteiger partial charge in [0.2, 0.25) is 0 Å². The minimum absolute atomic E-state index is 0.0687. The third-order valence-electron chi connectivity index (χ3n) is 3.69. The van der Waals surface area contributed by atoms with Crippen LogP contribution in [0.15, 0.2) is 36.5 Å².